The Morgan fingerprint density at radius 1 is 1.16 bits per heavy atom. The van der Waals surface area contributed by atoms with Crippen LogP contribution in [0.3, 0.4) is 0 Å². The average molecular weight is 603 g/mol. The number of fused-ring (bicyclic) bond motifs is 3. The third kappa shape index (κ3) is 4.41. The average Bonchev–Trinajstić information content (AvgIpc) is 3.58. The second kappa shape index (κ2) is 10.3. The van der Waals surface area contributed by atoms with Gasteiger partial charge in [0.2, 0.25) is 0 Å². The number of allylic oxidation sites excluding steroid dienone is 1. The summed E-state index contributed by atoms with van der Waals surface area (Å²) in [5, 5.41) is 24.8. The van der Waals surface area contributed by atoms with Crippen LogP contribution in [0.2, 0.25) is 0 Å². The fraction of sp³-hybridized carbons (Fsp3) is 0.688. The number of hydrogen-bond donors (Lipinski definition) is 2. The van der Waals surface area contributed by atoms with Crippen LogP contribution in [0.25, 0.3) is 0 Å². The predicted octanol–water partition coefficient (Wildman–Crippen LogP) is 3.57. The lowest BCUT2D eigenvalue weighted by Gasteiger charge is -2.58. The molecule has 2 saturated heterocycles. The quantitative estimate of drug-likeness (QED) is 0.288. The van der Waals surface area contributed by atoms with Crippen molar-refractivity contribution in [3.63, 3.8) is 0 Å². The van der Waals surface area contributed by atoms with Crippen molar-refractivity contribution in [1.29, 1.82) is 0 Å². The summed E-state index contributed by atoms with van der Waals surface area (Å²) in [6, 6.07) is 1.69. The van der Waals surface area contributed by atoms with Gasteiger partial charge in [0.15, 0.2) is 17.2 Å². The van der Waals surface area contributed by atoms with Gasteiger partial charge in [0.25, 0.3) is 0 Å². The first-order valence-electron chi connectivity index (χ1n) is 14.8. The van der Waals surface area contributed by atoms with Gasteiger partial charge in [-0.15, -0.1) is 0 Å². The Balaban J connectivity index is 1.64. The standard InChI is InChI=1S/C32H42O11/c1-8-17(2)26(36)42-27-28(4,5)20(13-22(33)39-7)18(3)24(35)30(27)16-31(37)21-14-23(34)41-25(19-9-12-40-15-19)29(21,6)10-11-32(31,38)43-30/h8-9,12,15,18,20-21,25,27,37-38H,10-11,13-14,16H2,1-7H3. The topological polar surface area (TPSA) is 159 Å². The van der Waals surface area contributed by atoms with Crippen LogP contribution in [0.5, 0.6) is 0 Å². The molecule has 4 fully saturated rings. The maximum absolute atomic E-state index is 14.5. The van der Waals surface area contributed by atoms with E-state index in [-0.39, 0.29) is 25.7 Å². The number of Topliss-reactive ketones (excluding diaryl/α,β-unsaturated/α-hetero) is 1. The largest absolute Gasteiger partial charge is 0.472 e. The molecule has 3 heterocycles. The smallest absolute Gasteiger partial charge is 0.333 e. The van der Waals surface area contributed by atoms with Crippen LogP contribution >= 0.6 is 0 Å². The van der Waals surface area contributed by atoms with Crippen molar-refractivity contribution in [2.75, 3.05) is 7.11 Å². The molecule has 11 nitrogen and oxygen atoms in total. The minimum Gasteiger partial charge on any atom is -0.472 e. The number of furan rings is 1. The van der Waals surface area contributed by atoms with Crippen LogP contribution in [-0.4, -0.2) is 64.1 Å². The summed E-state index contributed by atoms with van der Waals surface area (Å²) in [5.41, 5.74) is -5.07. The summed E-state index contributed by atoms with van der Waals surface area (Å²) in [6.07, 6.45) is 1.92. The van der Waals surface area contributed by atoms with E-state index in [1.165, 1.54) is 19.6 Å². The van der Waals surface area contributed by atoms with Crippen LogP contribution in [0, 0.1) is 28.6 Å². The summed E-state index contributed by atoms with van der Waals surface area (Å²) in [4.78, 5) is 53.3. The van der Waals surface area contributed by atoms with Gasteiger partial charge < -0.3 is 33.6 Å². The van der Waals surface area contributed by atoms with Crippen LogP contribution in [0.15, 0.2) is 34.7 Å². The predicted molar refractivity (Wildman–Crippen MR) is 149 cm³/mol. The highest BCUT2D eigenvalue weighted by atomic mass is 16.7. The van der Waals surface area contributed by atoms with Gasteiger partial charge in [-0.25, -0.2) is 4.79 Å². The van der Waals surface area contributed by atoms with E-state index < -0.39 is 87.9 Å². The Labute approximate surface area is 250 Å². The van der Waals surface area contributed by atoms with Crippen molar-refractivity contribution >= 4 is 23.7 Å². The maximum atomic E-state index is 14.5. The lowest BCUT2D eigenvalue weighted by Crippen LogP contribution is -2.67. The zero-order valence-corrected chi connectivity index (χ0v) is 25.8. The Morgan fingerprint density at radius 2 is 1.86 bits per heavy atom. The molecule has 1 spiro atoms. The van der Waals surface area contributed by atoms with Gasteiger partial charge in [-0.3, -0.25) is 14.4 Å². The van der Waals surface area contributed by atoms with Gasteiger partial charge in [-0.1, -0.05) is 33.8 Å². The molecule has 1 aromatic rings. The number of ether oxygens (including phenoxy) is 4. The van der Waals surface area contributed by atoms with Crippen molar-refractivity contribution in [2.45, 2.75) is 103 Å². The fourth-order valence-corrected chi connectivity index (χ4v) is 8.54. The number of methoxy groups -OCH3 is 1. The molecule has 5 rings (SSSR count). The molecular formula is C32H42O11. The summed E-state index contributed by atoms with van der Waals surface area (Å²) in [5.74, 6) is -6.81. The number of cyclic esters (lactones) is 1. The third-order valence-electron chi connectivity index (χ3n) is 11.1. The number of carbonyl (C=O) groups excluding carboxylic acids is 4. The summed E-state index contributed by atoms with van der Waals surface area (Å²) < 4.78 is 28.5. The number of rotatable bonds is 5. The van der Waals surface area contributed by atoms with E-state index in [0.29, 0.717) is 11.1 Å². The molecule has 0 radical (unpaired) electrons. The second-order valence-electron chi connectivity index (χ2n) is 13.7. The van der Waals surface area contributed by atoms with Gasteiger partial charge in [0, 0.05) is 53.1 Å². The second-order valence-corrected chi connectivity index (χ2v) is 13.7. The number of esters is 3. The Morgan fingerprint density at radius 3 is 2.47 bits per heavy atom. The lowest BCUT2D eigenvalue weighted by atomic mass is 9.50. The minimum atomic E-state index is -2.24. The first kappa shape index (κ1) is 31.4. The van der Waals surface area contributed by atoms with Gasteiger partial charge in [-0.05, 0) is 32.3 Å². The van der Waals surface area contributed by atoms with Crippen molar-refractivity contribution < 1.29 is 52.8 Å². The molecule has 11 heteroatoms. The van der Waals surface area contributed by atoms with Gasteiger partial charge in [0.05, 0.1) is 26.1 Å². The normalized spacial score (nSPS) is 42.2. The summed E-state index contributed by atoms with van der Waals surface area (Å²) in [6.45, 7) is 10.4. The molecular weight excluding hydrogens is 560 g/mol. The van der Waals surface area contributed by atoms with Gasteiger partial charge in [-0.2, -0.15) is 0 Å². The SMILES string of the molecule is CC=C(C)C(=O)OC1C2(CC3(O)C4CC(=O)OC(c5ccoc5)C4(C)CCC3(O)O2)C(=O)C(C)C(CC(=O)OC)C1(C)C. The van der Waals surface area contributed by atoms with E-state index in [4.69, 9.17) is 23.4 Å². The highest BCUT2D eigenvalue weighted by Crippen LogP contribution is 2.68. The maximum Gasteiger partial charge on any atom is 0.333 e. The molecule has 2 saturated carbocycles. The minimum absolute atomic E-state index is 0.0770. The van der Waals surface area contributed by atoms with E-state index in [1.54, 1.807) is 46.8 Å². The van der Waals surface area contributed by atoms with E-state index in [1.807, 2.05) is 6.92 Å². The Hall–Kier alpha value is -3.02. The molecule has 2 aliphatic heterocycles. The van der Waals surface area contributed by atoms with E-state index in [2.05, 4.69) is 0 Å². The lowest BCUT2D eigenvalue weighted by molar-refractivity contribution is -0.338. The Kier molecular flexibility index (Phi) is 7.50. The first-order valence-corrected chi connectivity index (χ1v) is 14.8. The molecule has 43 heavy (non-hydrogen) atoms. The molecule has 1 aromatic heterocycles. The zero-order valence-electron chi connectivity index (χ0n) is 25.8. The van der Waals surface area contributed by atoms with Crippen LogP contribution in [-0.2, 0) is 38.1 Å². The number of hydrogen-bond acceptors (Lipinski definition) is 11. The van der Waals surface area contributed by atoms with Crippen LogP contribution in [0.1, 0.15) is 85.3 Å². The third-order valence-corrected chi connectivity index (χ3v) is 11.1. The molecule has 9 unspecified atom stereocenters. The molecule has 0 aromatic carbocycles. The highest BCUT2D eigenvalue weighted by Gasteiger charge is 2.80. The van der Waals surface area contributed by atoms with E-state index in [9.17, 15) is 29.4 Å². The molecule has 9 atom stereocenters. The zero-order chi connectivity index (χ0) is 31.8. The monoisotopic (exact) mass is 602 g/mol. The van der Waals surface area contributed by atoms with Crippen molar-refractivity contribution in [2.24, 2.45) is 28.6 Å². The fourth-order valence-electron chi connectivity index (χ4n) is 8.54. The molecule has 0 bridgehead atoms. The number of ketones is 1. The van der Waals surface area contributed by atoms with Gasteiger partial charge >= 0.3 is 17.9 Å². The molecule has 236 valence electrons. The van der Waals surface area contributed by atoms with Crippen molar-refractivity contribution in [1.82, 2.24) is 0 Å². The Bertz CT molecular complexity index is 1350. The van der Waals surface area contributed by atoms with Crippen molar-refractivity contribution in [3.8, 4) is 0 Å². The number of aliphatic hydroxyl groups is 2. The van der Waals surface area contributed by atoms with Crippen LogP contribution in [0.4, 0.5) is 0 Å². The van der Waals surface area contributed by atoms with Gasteiger partial charge in [0.1, 0.15) is 17.8 Å². The number of carbonyl (C=O) groups is 4. The van der Waals surface area contributed by atoms with Crippen molar-refractivity contribution in [3.05, 3.63) is 35.8 Å². The molecule has 4 aliphatic rings. The van der Waals surface area contributed by atoms with Crippen LogP contribution < -0.4 is 0 Å². The van der Waals surface area contributed by atoms with E-state index in [0.717, 1.165) is 0 Å². The summed E-state index contributed by atoms with van der Waals surface area (Å²) in [7, 11) is 1.26. The molecule has 0 amide bonds. The van der Waals surface area contributed by atoms with E-state index >= 15 is 0 Å². The molecule has 2 N–H and O–H groups in total. The molecule has 2 aliphatic carbocycles. The summed E-state index contributed by atoms with van der Waals surface area (Å²) >= 11 is 0. The highest BCUT2D eigenvalue weighted by molar-refractivity contribution is 5.94. The first-order chi connectivity index (χ1) is 20.0.